The summed E-state index contributed by atoms with van der Waals surface area (Å²) < 4.78 is 120. The lowest BCUT2D eigenvalue weighted by molar-refractivity contribution is -0.274. The number of nitrogens with zero attached hydrogens (tertiary/aromatic N) is 1. The third-order valence-electron chi connectivity index (χ3n) is 3.10. The molecule has 0 aliphatic heterocycles. The molecule has 0 fully saturated rings. The molecule has 1 aromatic carbocycles. The number of benzene rings is 1. The molecule has 0 saturated carbocycles. The van der Waals surface area contributed by atoms with E-state index in [4.69, 9.17) is 0 Å². The number of carbonyl (C=O) groups excluding carboxylic acids is 1. The minimum Gasteiger partial charge on any atom is -0.468 e. The van der Waals surface area contributed by atoms with Crippen LogP contribution in [0.25, 0.3) is 0 Å². The van der Waals surface area contributed by atoms with E-state index in [1.54, 1.807) is 0 Å². The number of aromatic nitrogens is 1. The molecule has 6 nitrogen and oxygen atoms in total. The largest absolute Gasteiger partial charge is 0.573 e. The number of amides is 2. The third-order valence-corrected chi connectivity index (χ3v) is 3.10. The summed E-state index contributed by atoms with van der Waals surface area (Å²) in [6, 6.07) is 3.09. The minimum absolute atomic E-state index is 0.0763. The highest BCUT2D eigenvalue weighted by atomic mass is 19.4. The summed E-state index contributed by atoms with van der Waals surface area (Å²) in [4.78, 5) is 15.3. The minimum atomic E-state index is -4.99. The first kappa shape index (κ1) is 23.9. The second-order valence-corrected chi connectivity index (χ2v) is 5.63. The van der Waals surface area contributed by atoms with E-state index in [9.17, 15) is 44.3 Å². The lowest BCUT2D eigenvalue weighted by atomic mass is 10.2. The van der Waals surface area contributed by atoms with Gasteiger partial charge in [0.25, 0.3) is 0 Å². The predicted molar refractivity (Wildman–Crippen MR) is 86.6 cm³/mol. The number of alkyl halides is 9. The molecule has 0 bridgehead atoms. The highest BCUT2D eigenvalue weighted by molar-refractivity contribution is 5.99. The van der Waals surface area contributed by atoms with E-state index in [2.05, 4.69) is 19.8 Å². The van der Waals surface area contributed by atoms with Crippen LogP contribution in [0.5, 0.6) is 11.6 Å². The van der Waals surface area contributed by atoms with Gasteiger partial charge in [-0.2, -0.15) is 31.3 Å². The predicted octanol–water partition coefficient (Wildman–Crippen LogP) is 5.58. The van der Waals surface area contributed by atoms with Crippen molar-refractivity contribution in [3.8, 4) is 11.6 Å². The summed E-state index contributed by atoms with van der Waals surface area (Å²) in [5, 5.41) is 3.95. The summed E-state index contributed by atoms with van der Waals surface area (Å²) >= 11 is 0. The Bertz CT molecular complexity index is 910. The van der Waals surface area contributed by atoms with Gasteiger partial charge in [0.2, 0.25) is 5.88 Å². The van der Waals surface area contributed by atoms with Gasteiger partial charge < -0.3 is 14.8 Å². The summed E-state index contributed by atoms with van der Waals surface area (Å²) in [5.74, 6) is -2.43. The van der Waals surface area contributed by atoms with Crippen molar-refractivity contribution in [1.29, 1.82) is 0 Å². The number of hydrogen-bond acceptors (Lipinski definition) is 4. The number of hydrogen-bond donors (Lipinski definition) is 2. The Morgan fingerprint density at radius 2 is 1.52 bits per heavy atom. The number of carbonyl (C=O) groups is 1. The van der Waals surface area contributed by atoms with E-state index >= 15 is 0 Å². The first-order chi connectivity index (χ1) is 14.1. The van der Waals surface area contributed by atoms with Crippen molar-refractivity contribution in [2.45, 2.75) is 18.7 Å². The van der Waals surface area contributed by atoms with Gasteiger partial charge in [0, 0.05) is 11.8 Å². The molecule has 1 aromatic heterocycles. The zero-order chi connectivity index (χ0) is 23.4. The lowest BCUT2D eigenvalue weighted by Crippen LogP contribution is -2.22. The van der Waals surface area contributed by atoms with Crippen LogP contribution in [0, 0.1) is 0 Å². The number of rotatable bonds is 5. The van der Waals surface area contributed by atoms with Gasteiger partial charge in [-0.1, -0.05) is 0 Å². The van der Waals surface area contributed by atoms with Gasteiger partial charge in [0.15, 0.2) is 6.61 Å². The van der Waals surface area contributed by atoms with E-state index in [0.29, 0.717) is 6.07 Å². The van der Waals surface area contributed by atoms with Crippen molar-refractivity contribution in [1.82, 2.24) is 4.98 Å². The molecule has 31 heavy (non-hydrogen) atoms. The standard InChI is InChI=1S/C16H10F9N3O3/c17-14(18,19)7-30-12-6-8(15(20,21)22)5-11(27-12)28-13(29)26-9-1-3-10(4-2-9)31-16(23,24)25/h1-6H,7H2,(H2,26,27,28,29). The number of urea groups is 1. The van der Waals surface area contributed by atoms with Crippen molar-refractivity contribution in [3.63, 3.8) is 0 Å². The van der Waals surface area contributed by atoms with Crippen molar-refractivity contribution in [2.75, 3.05) is 17.2 Å². The molecule has 1 heterocycles. The smallest absolute Gasteiger partial charge is 0.468 e. The molecule has 0 saturated heterocycles. The van der Waals surface area contributed by atoms with Crippen molar-refractivity contribution in [3.05, 3.63) is 42.0 Å². The van der Waals surface area contributed by atoms with Crippen LogP contribution in [-0.2, 0) is 6.18 Å². The summed E-state index contributed by atoms with van der Waals surface area (Å²) in [6.45, 7) is -1.92. The number of anilines is 2. The van der Waals surface area contributed by atoms with Gasteiger partial charge in [-0.25, -0.2) is 4.79 Å². The van der Waals surface area contributed by atoms with E-state index < -0.39 is 54.4 Å². The Morgan fingerprint density at radius 3 is 2.03 bits per heavy atom. The van der Waals surface area contributed by atoms with Crippen molar-refractivity contribution in [2.24, 2.45) is 0 Å². The average Bonchev–Trinajstić information content (AvgIpc) is 2.59. The first-order valence-electron chi connectivity index (χ1n) is 7.83. The van der Waals surface area contributed by atoms with E-state index in [0.717, 1.165) is 24.3 Å². The molecular weight excluding hydrogens is 453 g/mol. The second kappa shape index (κ2) is 8.77. The Labute approximate surface area is 167 Å². The Hall–Kier alpha value is -3.39. The monoisotopic (exact) mass is 463 g/mol. The maximum Gasteiger partial charge on any atom is 0.573 e. The fourth-order valence-electron chi connectivity index (χ4n) is 1.98. The summed E-state index contributed by atoms with van der Waals surface area (Å²) in [7, 11) is 0. The second-order valence-electron chi connectivity index (χ2n) is 5.63. The maximum absolute atomic E-state index is 12.9. The highest BCUT2D eigenvalue weighted by Crippen LogP contribution is 2.33. The highest BCUT2D eigenvalue weighted by Gasteiger charge is 2.34. The molecule has 0 unspecified atom stereocenters. The van der Waals surface area contributed by atoms with Crippen LogP contribution in [0.2, 0.25) is 0 Å². The molecule has 0 aliphatic rings. The van der Waals surface area contributed by atoms with E-state index in [1.807, 2.05) is 5.32 Å². The van der Waals surface area contributed by atoms with Crippen LogP contribution in [0.1, 0.15) is 5.56 Å². The van der Waals surface area contributed by atoms with Crippen LogP contribution in [0.4, 0.5) is 55.8 Å². The number of ether oxygens (including phenoxy) is 2. The third kappa shape index (κ3) is 8.47. The van der Waals surface area contributed by atoms with Gasteiger partial charge in [-0.15, -0.1) is 13.2 Å². The van der Waals surface area contributed by atoms with Crippen molar-refractivity contribution < 1.29 is 53.8 Å². The summed E-state index contributed by atoms with van der Waals surface area (Å²) in [5.41, 5.74) is -1.52. The molecule has 0 atom stereocenters. The fourth-order valence-corrected chi connectivity index (χ4v) is 1.98. The van der Waals surface area contributed by atoms with Gasteiger partial charge in [-0.05, 0) is 30.3 Å². The Kier molecular flexibility index (Phi) is 6.76. The number of nitrogens with one attached hydrogen (secondary N) is 2. The normalized spacial score (nSPS) is 12.3. The molecule has 0 aliphatic carbocycles. The topological polar surface area (TPSA) is 72.5 Å². The average molecular weight is 463 g/mol. The Balaban J connectivity index is 2.12. The fraction of sp³-hybridized carbons (Fsp3) is 0.250. The number of halogens is 9. The molecular formula is C16H10F9N3O3. The van der Waals surface area contributed by atoms with Gasteiger partial charge in [0.1, 0.15) is 11.6 Å². The molecule has 0 radical (unpaired) electrons. The van der Waals surface area contributed by atoms with Crippen LogP contribution in [-0.4, -0.2) is 30.2 Å². The van der Waals surface area contributed by atoms with Crippen LogP contribution < -0.4 is 20.1 Å². The number of pyridine rings is 1. The summed E-state index contributed by atoms with van der Waals surface area (Å²) in [6.07, 6.45) is -14.8. The molecule has 15 heteroatoms. The van der Waals surface area contributed by atoms with Gasteiger partial charge in [-0.3, -0.25) is 5.32 Å². The van der Waals surface area contributed by atoms with Gasteiger partial charge in [0.05, 0.1) is 5.56 Å². The van der Waals surface area contributed by atoms with Gasteiger partial charge >= 0.3 is 24.7 Å². The molecule has 2 aromatic rings. The quantitative estimate of drug-likeness (QED) is 0.568. The van der Waals surface area contributed by atoms with Crippen LogP contribution in [0.15, 0.2) is 36.4 Å². The van der Waals surface area contributed by atoms with Crippen molar-refractivity contribution >= 4 is 17.5 Å². The molecule has 0 spiro atoms. The van der Waals surface area contributed by atoms with E-state index in [-0.39, 0.29) is 11.8 Å². The molecule has 170 valence electrons. The SMILES string of the molecule is O=C(Nc1ccc(OC(F)(F)F)cc1)Nc1cc(C(F)(F)F)cc(OCC(F)(F)F)n1. The maximum atomic E-state index is 12.9. The Morgan fingerprint density at radius 1 is 0.903 bits per heavy atom. The lowest BCUT2D eigenvalue weighted by Gasteiger charge is -2.14. The van der Waals surface area contributed by atoms with Crippen LogP contribution in [0.3, 0.4) is 0 Å². The first-order valence-corrected chi connectivity index (χ1v) is 7.83. The van der Waals surface area contributed by atoms with Crippen LogP contribution >= 0.6 is 0 Å². The molecule has 2 rings (SSSR count). The zero-order valence-electron chi connectivity index (χ0n) is 14.7. The molecule has 2 amide bonds. The zero-order valence-corrected chi connectivity index (χ0v) is 14.7. The van der Waals surface area contributed by atoms with E-state index in [1.165, 1.54) is 0 Å². The molecule has 2 N–H and O–H groups in total.